The van der Waals surface area contributed by atoms with Gasteiger partial charge in [0.2, 0.25) is 0 Å². The highest BCUT2D eigenvalue weighted by atomic mass is 16.6. The van der Waals surface area contributed by atoms with Gasteiger partial charge in [0.1, 0.15) is 19.2 Å². The van der Waals surface area contributed by atoms with Gasteiger partial charge in [0.15, 0.2) is 11.4 Å². The minimum Gasteiger partial charge on any atom is -0.627 e. The van der Waals surface area contributed by atoms with Crippen molar-refractivity contribution in [2.24, 2.45) is 5.41 Å². The van der Waals surface area contributed by atoms with Crippen LogP contribution in [0.5, 0.6) is 5.75 Å². The minimum absolute atomic E-state index is 0.151. The molecule has 0 N–H and O–H groups in total. The number of benzene rings is 1. The number of para-hydroxylation sites is 2. The highest BCUT2D eigenvalue weighted by molar-refractivity contribution is 5.64. The van der Waals surface area contributed by atoms with Gasteiger partial charge in [-0.05, 0) is 11.5 Å². The number of carboxylic acid groups (broad SMARTS) is 1. The maximum Gasteiger partial charge on any atom is 0.180 e. The normalized spacial score (nSPS) is 25.9. The van der Waals surface area contributed by atoms with Gasteiger partial charge in [0.25, 0.3) is 0 Å². The predicted octanol–water partition coefficient (Wildman–Crippen LogP) is 1.57. The third kappa shape index (κ3) is 3.03. The van der Waals surface area contributed by atoms with Gasteiger partial charge in [-0.15, -0.1) is 0 Å². The third-order valence-electron chi connectivity index (χ3n) is 4.30. The fraction of sp³-hybridized carbons (Fsp3) is 0.562. The van der Waals surface area contributed by atoms with E-state index < -0.39 is 16.8 Å². The van der Waals surface area contributed by atoms with Gasteiger partial charge in [-0.1, -0.05) is 32.9 Å². The third-order valence-corrected chi connectivity index (χ3v) is 4.30. The van der Waals surface area contributed by atoms with Crippen molar-refractivity contribution >= 4 is 11.8 Å². The molecular formula is C16H23N2O4-. The van der Waals surface area contributed by atoms with E-state index in [4.69, 9.17) is 4.74 Å². The van der Waals surface area contributed by atoms with Gasteiger partial charge in [-0.3, -0.25) is 0 Å². The number of nitrogens with zero attached hydrogens (tertiary/aromatic N) is 2. The number of quaternary nitrogens is 1. The second kappa shape index (κ2) is 5.78. The van der Waals surface area contributed by atoms with E-state index in [9.17, 15) is 15.1 Å². The topological polar surface area (TPSA) is 75.7 Å². The van der Waals surface area contributed by atoms with E-state index in [2.05, 4.69) is 0 Å². The lowest BCUT2D eigenvalue weighted by Gasteiger charge is -2.55. The summed E-state index contributed by atoms with van der Waals surface area (Å²) in [6.45, 7) is 6.27. The highest BCUT2D eigenvalue weighted by Crippen LogP contribution is 2.38. The molecule has 2 unspecified atom stereocenters. The Labute approximate surface area is 131 Å². The van der Waals surface area contributed by atoms with Crippen LogP contribution in [0.4, 0.5) is 10.5 Å². The average Bonchev–Trinajstić information content (AvgIpc) is 2.46. The smallest absolute Gasteiger partial charge is 0.180 e. The molecule has 122 valence electrons. The summed E-state index contributed by atoms with van der Waals surface area (Å²) in [5.74, 6) is 0.534. The van der Waals surface area contributed by atoms with E-state index in [0.29, 0.717) is 11.4 Å². The van der Waals surface area contributed by atoms with E-state index in [1.165, 1.54) is 12.0 Å². The van der Waals surface area contributed by atoms with E-state index in [1.54, 1.807) is 18.2 Å². The van der Waals surface area contributed by atoms with Gasteiger partial charge < -0.3 is 29.4 Å². The van der Waals surface area contributed by atoms with Crippen LogP contribution in [0.3, 0.4) is 0 Å². The van der Waals surface area contributed by atoms with Gasteiger partial charge in [-0.2, -0.15) is 0 Å². The van der Waals surface area contributed by atoms with Crippen molar-refractivity contribution in [2.45, 2.75) is 26.8 Å². The van der Waals surface area contributed by atoms with E-state index >= 15 is 0 Å². The number of amides is 1. The summed E-state index contributed by atoms with van der Waals surface area (Å²) in [7, 11) is 1.53. The van der Waals surface area contributed by atoms with Crippen LogP contribution in [-0.2, 0) is 0 Å². The Bertz CT molecular complexity index is 555. The molecule has 1 aromatic rings. The molecule has 1 aliphatic rings. The molecule has 1 fully saturated rings. The Morgan fingerprint density at radius 3 is 2.55 bits per heavy atom. The molecular weight excluding hydrogens is 284 g/mol. The largest absolute Gasteiger partial charge is 0.627 e. The minimum atomic E-state index is -1.22. The molecule has 0 radical (unpaired) electrons. The number of carbonyl (C=O) groups excluding carboxylic acids is 1. The summed E-state index contributed by atoms with van der Waals surface area (Å²) in [6.07, 6.45) is -1.22. The standard InChI is InChI=1S/C16H24N2O4/c1-16(2,3)14-11-18(21,10-9-17(14)15(19)20)12-7-5-6-8-13(12)22-4/h5-8,14H,9-11H2,1-4H3,(H,19,20)/p-1. The fourth-order valence-electron chi connectivity index (χ4n) is 3.04. The summed E-state index contributed by atoms with van der Waals surface area (Å²) in [5, 5.41) is 24.7. The number of rotatable bonds is 2. The van der Waals surface area contributed by atoms with Crippen LogP contribution in [-0.4, -0.2) is 43.8 Å². The van der Waals surface area contributed by atoms with Gasteiger partial charge in [0, 0.05) is 6.07 Å². The number of piperazine rings is 1. The second-order valence-electron chi connectivity index (χ2n) is 6.81. The summed E-state index contributed by atoms with van der Waals surface area (Å²) in [6, 6.07) is 6.71. The summed E-state index contributed by atoms with van der Waals surface area (Å²) >= 11 is 0. The fourth-order valence-corrected chi connectivity index (χ4v) is 3.04. The molecule has 6 nitrogen and oxygen atoms in total. The van der Waals surface area contributed by atoms with Crippen molar-refractivity contribution < 1.29 is 14.6 Å². The molecule has 1 aliphatic heterocycles. The van der Waals surface area contributed by atoms with Crippen LogP contribution in [0, 0.1) is 10.6 Å². The zero-order chi connectivity index (χ0) is 16.5. The van der Waals surface area contributed by atoms with Crippen molar-refractivity contribution in [1.82, 2.24) is 9.55 Å². The molecule has 2 atom stereocenters. The number of carbonyl (C=O) groups is 1. The quantitative estimate of drug-likeness (QED) is 0.614. The number of ether oxygens (including phenoxy) is 1. The first-order valence-electron chi connectivity index (χ1n) is 7.38. The Balaban J connectivity index is 2.39. The molecule has 1 aromatic carbocycles. The lowest BCUT2D eigenvalue weighted by Crippen LogP contribution is -2.67. The van der Waals surface area contributed by atoms with Gasteiger partial charge >= 0.3 is 0 Å². The molecule has 1 heterocycles. The van der Waals surface area contributed by atoms with Gasteiger partial charge in [0.05, 0.1) is 19.7 Å². The predicted molar refractivity (Wildman–Crippen MR) is 83.2 cm³/mol. The van der Waals surface area contributed by atoms with E-state index in [1.807, 2.05) is 26.8 Å². The Hall–Kier alpha value is -1.79. The van der Waals surface area contributed by atoms with E-state index in [0.717, 1.165) is 0 Å². The number of hydrogen-bond acceptors (Lipinski definition) is 4. The van der Waals surface area contributed by atoms with Crippen LogP contribution in [0.25, 0.3) is 0 Å². The first-order valence-corrected chi connectivity index (χ1v) is 7.38. The monoisotopic (exact) mass is 307 g/mol. The summed E-state index contributed by atoms with van der Waals surface area (Å²) < 4.78 is 4.71. The summed E-state index contributed by atoms with van der Waals surface area (Å²) in [5.41, 5.74) is 0.188. The molecule has 0 bridgehead atoms. The van der Waals surface area contributed by atoms with Crippen LogP contribution in [0.15, 0.2) is 24.3 Å². The average molecular weight is 307 g/mol. The number of methoxy groups -OCH3 is 1. The Morgan fingerprint density at radius 1 is 1.36 bits per heavy atom. The second-order valence-corrected chi connectivity index (χ2v) is 6.81. The van der Waals surface area contributed by atoms with Crippen molar-refractivity contribution in [2.75, 3.05) is 26.7 Å². The number of hydroxylamine groups is 2. The zero-order valence-corrected chi connectivity index (χ0v) is 13.5. The SMILES string of the molecule is COc1ccccc1[N+]1([O-])CCN(C(=O)[O-])C(C(C)(C)C)C1. The Kier molecular flexibility index (Phi) is 4.35. The van der Waals surface area contributed by atoms with Crippen LogP contribution in [0.1, 0.15) is 20.8 Å². The Morgan fingerprint density at radius 2 is 2.00 bits per heavy atom. The molecule has 0 aromatic heterocycles. The lowest BCUT2D eigenvalue weighted by molar-refractivity contribution is -0.271. The molecule has 22 heavy (non-hydrogen) atoms. The molecule has 1 saturated heterocycles. The maximum absolute atomic E-state index is 13.3. The van der Waals surface area contributed by atoms with Crippen LogP contribution >= 0.6 is 0 Å². The van der Waals surface area contributed by atoms with Crippen molar-refractivity contribution in [1.29, 1.82) is 0 Å². The molecule has 0 spiro atoms. The van der Waals surface area contributed by atoms with Crippen LogP contribution < -0.4 is 14.5 Å². The maximum atomic E-state index is 13.3. The first kappa shape index (κ1) is 16.6. The number of hydrogen-bond donors (Lipinski definition) is 0. The van der Waals surface area contributed by atoms with Crippen LogP contribution in [0.2, 0.25) is 0 Å². The van der Waals surface area contributed by atoms with E-state index in [-0.39, 0.29) is 25.0 Å². The van der Waals surface area contributed by atoms with Gasteiger partial charge in [-0.25, -0.2) is 0 Å². The van der Waals surface area contributed by atoms with Crippen molar-refractivity contribution in [3.05, 3.63) is 29.5 Å². The molecule has 6 heteroatoms. The molecule has 0 aliphatic carbocycles. The lowest BCUT2D eigenvalue weighted by atomic mass is 9.84. The van der Waals surface area contributed by atoms with Crippen molar-refractivity contribution in [3.63, 3.8) is 0 Å². The zero-order valence-electron chi connectivity index (χ0n) is 13.5. The summed E-state index contributed by atoms with van der Waals surface area (Å²) in [4.78, 5) is 12.6. The highest BCUT2D eigenvalue weighted by Gasteiger charge is 2.42. The molecule has 2 rings (SSSR count). The van der Waals surface area contributed by atoms with Crippen molar-refractivity contribution in [3.8, 4) is 5.75 Å². The first-order chi connectivity index (χ1) is 10.2. The molecule has 0 saturated carbocycles. The molecule has 1 amide bonds.